The van der Waals surface area contributed by atoms with Crippen molar-refractivity contribution in [3.05, 3.63) is 0 Å². The molecule has 3 aliphatic heterocycles. The summed E-state index contributed by atoms with van der Waals surface area (Å²) in [6.45, 7) is 10.0. The Bertz CT molecular complexity index is 338. The number of nitrogens with zero attached hydrogens (tertiary/aromatic N) is 3. The van der Waals surface area contributed by atoms with Crippen molar-refractivity contribution in [2.75, 3.05) is 45.8 Å². The van der Waals surface area contributed by atoms with Gasteiger partial charge in [0.15, 0.2) is 0 Å². The summed E-state index contributed by atoms with van der Waals surface area (Å²) < 4.78 is 0. The van der Waals surface area contributed by atoms with Crippen molar-refractivity contribution in [1.82, 2.24) is 14.7 Å². The molecule has 4 heteroatoms. The van der Waals surface area contributed by atoms with Gasteiger partial charge in [-0.2, -0.15) is 0 Å². The van der Waals surface area contributed by atoms with Crippen LogP contribution in [0, 0.1) is 11.8 Å². The van der Waals surface area contributed by atoms with Gasteiger partial charge in [-0.25, -0.2) is 4.79 Å². The average molecular weight is 293 g/mol. The fourth-order valence-electron chi connectivity index (χ4n) is 4.04. The van der Waals surface area contributed by atoms with E-state index >= 15 is 0 Å². The highest BCUT2D eigenvalue weighted by atomic mass is 16.2. The Kier molecular flexibility index (Phi) is 5.04. The number of hydrogen-bond donors (Lipinski definition) is 0. The number of amides is 2. The molecule has 21 heavy (non-hydrogen) atoms. The quantitative estimate of drug-likeness (QED) is 0.782. The second-order valence-corrected chi connectivity index (χ2v) is 7.39. The van der Waals surface area contributed by atoms with Gasteiger partial charge in [0.1, 0.15) is 0 Å². The minimum atomic E-state index is 0.307. The third kappa shape index (κ3) is 3.91. The van der Waals surface area contributed by atoms with E-state index in [1.54, 1.807) is 0 Å². The molecule has 0 unspecified atom stereocenters. The van der Waals surface area contributed by atoms with E-state index in [-0.39, 0.29) is 0 Å². The van der Waals surface area contributed by atoms with Crippen LogP contribution in [0.25, 0.3) is 0 Å². The molecule has 3 saturated heterocycles. The second kappa shape index (κ2) is 6.99. The summed E-state index contributed by atoms with van der Waals surface area (Å²) >= 11 is 0. The minimum absolute atomic E-state index is 0.307. The molecule has 3 fully saturated rings. The van der Waals surface area contributed by atoms with Gasteiger partial charge in [-0.1, -0.05) is 6.92 Å². The molecule has 0 bridgehead atoms. The number of likely N-dealkylation sites (tertiary alicyclic amines) is 3. The summed E-state index contributed by atoms with van der Waals surface area (Å²) in [4.78, 5) is 19.4. The molecule has 0 aliphatic carbocycles. The maximum atomic E-state index is 12.6. The minimum Gasteiger partial charge on any atom is -0.325 e. The molecule has 2 amide bonds. The van der Waals surface area contributed by atoms with Crippen molar-refractivity contribution in [2.24, 2.45) is 11.8 Å². The van der Waals surface area contributed by atoms with E-state index in [0.29, 0.717) is 6.03 Å². The highest BCUT2D eigenvalue weighted by molar-refractivity contribution is 5.74. The van der Waals surface area contributed by atoms with Crippen molar-refractivity contribution >= 4 is 6.03 Å². The molecule has 0 radical (unpaired) electrons. The fourth-order valence-corrected chi connectivity index (χ4v) is 4.04. The van der Waals surface area contributed by atoms with Crippen LogP contribution in [0.3, 0.4) is 0 Å². The Labute approximate surface area is 129 Å². The van der Waals surface area contributed by atoms with Crippen LogP contribution in [0.2, 0.25) is 0 Å². The molecule has 3 heterocycles. The maximum absolute atomic E-state index is 12.6. The lowest BCUT2D eigenvalue weighted by molar-refractivity contribution is 0.112. The number of carbonyl (C=O) groups excluding carboxylic acids is 1. The van der Waals surface area contributed by atoms with Crippen LogP contribution in [-0.4, -0.2) is 66.5 Å². The van der Waals surface area contributed by atoms with Gasteiger partial charge in [0.05, 0.1) is 0 Å². The van der Waals surface area contributed by atoms with Crippen molar-refractivity contribution in [1.29, 1.82) is 0 Å². The monoisotopic (exact) mass is 293 g/mol. The molecule has 0 atom stereocenters. The second-order valence-electron chi connectivity index (χ2n) is 7.39. The van der Waals surface area contributed by atoms with Crippen molar-refractivity contribution < 1.29 is 4.79 Å². The zero-order valence-corrected chi connectivity index (χ0v) is 13.6. The van der Waals surface area contributed by atoms with Crippen molar-refractivity contribution in [3.8, 4) is 0 Å². The normalized spacial score (nSPS) is 26.5. The van der Waals surface area contributed by atoms with E-state index in [1.807, 2.05) is 0 Å². The Balaban J connectivity index is 1.41. The molecule has 0 aromatic carbocycles. The van der Waals surface area contributed by atoms with Crippen LogP contribution < -0.4 is 0 Å². The molecule has 0 aromatic heterocycles. The topological polar surface area (TPSA) is 26.8 Å². The lowest BCUT2D eigenvalue weighted by Gasteiger charge is -2.38. The summed E-state index contributed by atoms with van der Waals surface area (Å²) in [6.07, 6.45) is 7.52. The Hall–Kier alpha value is -0.770. The summed E-state index contributed by atoms with van der Waals surface area (Å²) in [7, 11) is 0. The standard InChI is InChI=1S/C17H31N3O/c1-15-4-10-19(11-5-15)17(21)20-12-6-16(7-13-20)14-18-8-2-3-9-18/h15-16H,2-14H2,1H3. The van der Waals surface area contributed by atoms with Gasteiger partial charge >= 0.3 is 6.03 Å². The Morgan fingerprint density at radius 2 is 1.38 bits per heavy atom. The fraction of sp³-hybridized carbons (Fsp3) is 0.941. The van der Waals surface area contributed by atoms with Crippen LogP contribution in [0.15, 0.2) is 0 Å². The molecular formula is C17H31N3O. The first kappa shape index (κ1) is 15.1. The first-order chi connectivity index (χ1) is 10.2. The average Bonchev–Trinajstić information content (AvgIpc) is 3.01. The van der Waals surface area contributed by atoms with Crippen LogP contribution in [-0.2, 0) is 0 Å². The predicted molar refractivity (Wildman–Crippen MR) is 85.3 cm³/mol. The number of rotatable bonds is 2. The van der Waals surface area contributed by atoms with Crippen LogP contribution >= 0.6 is 0 Å². The van der Waals surface area contributed by atoms with E-state index in [9.17, 15) is 4.79 Å². The molecule has 4 nitrogen and oxygen atoms in total. The summed E-state index contributed by atoms with van der Waals surface area (Å²) in [5.74, 6) is 1.61. The summed E-state index contributed by atoms with van der Waals surface area (Å²) in [5, 5.41) is 0. The SMILES string of the molecule is CC1CCN(C(=O)N2CCC(CN3CCCC3)CC2)CC1. The first-order valence-electron chi connectivity index (χ1n) is 8.98. The highest BCUT2D eigenvalue weighted by Gasteiger charge is 2.29. The first-order valence-corrected chi connectivity index (χ1v) is 8.98. The number of carbonyl (C=O) groups is 1. The van der Waals surface area contributed by atoms with Crippen molar-refractivity contribution in [3.63, 3.8) is 0 Å². The van der Waals surface area contributed by atoms with Crippen LogP contribution in [0.4, 0.5) is 4.79 Å². The summed E-state index contributed by atoms with van der Waals surface area (Å²) in [6, 6.07) is 0.307. The molecule has 120 valence electrons. The highest BCUT2D eigenvalue weighted by Crippen LogP contribution is 2.23. The van der Waals surface area contributed by atoms with Gasteiger partial charge in [-0.15, -0.1) is 0 Å². The maximum Gasteiger partial charge on any atom is 0.319 e. The zero-order chi connectivity index (χ0) is 14.7. The van der Waals surface area contributed by atoms with E-state index < -0.39 is 0 Å². The number of piperidine rings is 2. The molecule has 3 rings (SSSR count). The molecule has 0 aromatic rings. The largest absolute Gasteiger partial charge is 0.325 e. The Morgan fingerprint density at radius 1 is 0.857 bits per heavy atom. The molecule has 3 aliphatic rings. The lowest BCUT2D eigenvalue weighted by atomic mass is 9.96. The van der Waals surface area contributed by atoms with Gasteiger partial charge in [0.2, 0.25) is 0 Å². The third-order valence-electron chi connectivity index (χ3n) is 5.65. The van der Waals surface area contributed by atoms with Crippen LogP contribution in [0.5, 0.6) is 0 Å². The smallest absolute Gasteiger partial charge is 0.319 e. The van der Waals surface area contributed by atoms with E-state index in [2.05, 4.69) is 21.6 Å². The zero-order valence-electron chi connectivity index (χ0n) is 13.6. The van der Waals surface area contributed by atoms with Gasteiger partial charge in [-0.05, 0) is 63.5 Å². The van der Waals surface area contributed by atoms with Gasteiger partial charge < -0.3 is 14.7 Å². The predicted octanol–water partition coefficient (Wildman–Crippen LogP) is 2.65. The van der Waals surface area contributed by atoms with Gasteiger partial charge in [0, 0.05) is 32.7 Å². The molecular weight excluding hydrogens is 262 g/mol. The molecule has 0 spiro atoms. The molecule has 0 N–H and O–H groups in total. The van der Waals surface area contributed by atoms with E-state index in [0.717, 1.165) is 38.0 Å². The van der Waals surface area contributed by atoms with Gasteiger partial charge in [0.25, 0.3) is 0 Å². The lowest BCUT2D eigenvalue weighted by Crippen LogP contribution is -2.49. The summed E-state index contributed by atoms with van der Waals surface area (Å²) in [5.41, 5.74) is 0. The third-order valence-corrected chi connectivity index (χ3v) is 5.65. The Morgan fingerprint density at radius 3 is 1.95 bits per heavy atom. The van der Waals surface area contributed by atoms with E-state index in [4.69, 9.17) is 0 Å². The van der Waals surface area contributed by atoms with Crippen molar-refractivity contribution in [2.45, 2.75) is 45.4 Å². The molecule has 0 saturated carbocycles. The van der Waals surface area contributed by atoms with E-state index in [1.165, 1.54) is 58.2 Å². The van der Waals surface area contributed by atoms with Crippen LogP contribution in [0.1, 0.15) is 45.4 Å². The number of hydrogen-bond acceptors (Lipinski definition) is 2. The number of urea groups is 1. The van der Waals surface area contributed by atoms with Gasteiger partial charge in [-0.3, -0.25) is 0 Å².